The first kappa shape index (κ1) is 15.2. The van der Waals surface area contributed by atoms with Crippen LogP contribution in [0, 0.1) is 11.6 Å². The van der Waals surface area contributed by atoms with Crippen LogP contribution in [0.5, 0.6) is 11.5 Å². The van der Waals surface area contributed by atoms with Gasteiger partial charge < -0.3 is 19.3 Å². The Labute approximate surface area is 108 Å². The van der Waals surface area contributed by atoms with Crippen molar-refractivity contribution in [3.05, 3.63) is 23.3 Å². The largest absolute Gasteiger partial charge is 0.493 e. The second-order valence-corrected chi connectivity index (χ2v) is 3.47. The van der Waals surface area contributed by atoms with Gasteiger partial charge in [-0.2, -0.15) is 0 Å². The fourth-order valence-electron chi connectivity index (χ4n) is 1.61. The Bertz CT molecular complexity index is 447. The Morgan fingerprint density at radius 2 is 1.74 bits per heavy atom. The van der Waals surface area contributed by atoms with Crippen molar-refractivity contribution in [3.63, 3.8) is 0 Å². The molecule has 0 radical (unpaired) electrons. The number of aliphatic hydroxyl groups is 1. The van der Waals surface area contributed by atoms with E-state index in [-0.39, 0.29) is 6.61 Å². The summed E-state index contributed by atoms with van der Waals surface area (Å²) in [5.74, 6) is -4.11. The molecule has 1 unspecified atom stereocenters. The van der Waals surface area contributed by atoms with Crippen LogP contribution in [0.25, 0.3) is 0 Å². The maximum absolute atomic E-state index is 13.6. The van der Waals surface area contributed by atoms with Crippen LogP contribution >= 0.6 is 0 Å². The highest BCUT2D eigenvalue weighted by Crippen LogP contribution is 2.38. The lowest BCUT2D eigenvalue weighted by Gasteiger charge is -2.18. The van der Waals surface area contributed by atoms with Crippen LogP contribution in [0.15, 0.2) is 6.07 Å². The van der Waals surface area contributed by atoms with E-state index in [2.05, 4.69) is 4.74 Å². The highest BCUT2D eigenvalue weighted by atomic mass is 19.1. The first-order valence-electron chi connectivity index (χ1n) is 5.42. The molecule has 0 aliphatic heterocycles. The third kappa shape index (κ3) is 2.93. The van der Waals surface area contributed by atoms with Gasteiger partial charge in [-0.15, -0.1) is 0 Å². The van der Waals surface area contributed by atoms with Crippen molar-refractivity contribution in [1.29, 1.82) is 0 Å². The minimum absolute atomic E-state index is 0.0122. The summed E-state index contributed by atoms with van der Waals surface area (Å²) in [5, 5.41) is 9.83. The minimum Gasteiger partial charge on any atom is -0.493 e. The standard InChI is InChI=1S/C12H14F2O5/c1-4-19-12(16)9(15)8-10(17-2)6(13)5-7(14)11(8)18-3/h5,9,15H,4H2,1-3H3. The van der Waals surface area contributed by atoms with Crippen LogP contribution in [-0.4, -0.2) is 31.9 Å². The summed E-state index contributed by atoms with van der Waals surface area (Å²) < 4.78 is 41.2. The van der Waals surface area contributed by atoms with Gasteiger partial charge in [-0.3, -0.25) is 0 Å². The zero-order valence-corrected chi connectivity index (χ0v) is 10.7. The molecular weight excluding hydrogens is 262 g/mol. The molecule has 0 bridgehead atoms. The Balaban J connectivity index is 3.41. The fourth-order valence-corrected chi connectivity index (χ4v) is 1.61. The van der Waals surface area contributed by atoms with E-state index in [1.165, 1.54) is 6.92 Å². The van der Waals surface area contributed by atoms with E-state index in [0.29, 0.717) is 6.07 Å². The van der Waals surface area contributed by atoms with E-state index in [0.717, 1.165) is 14.2 Å². The minimum atomic E-state index is -1.91. The van der Waals surface area contributed by atoms with E-state index in [9.17, 15) is 18.7 Å². The summed E-state index contributed by atoms with van der Waals surface area (Å²) in [4.78, 5) is 11.5. The summed E-state index contributed by atoms with van der Waals surface area (Å²) in [6, 6.07) is 0.541. The normalized spacial score (nSPS) is 11.9. The molecule has 1 aromatic carbocycles. The van der Waals surface area contributed by atoms with Crippen molar-refractivity contribution in [3.8, 4) is 11.5 Å². The predicted molar refractivity (Wildman–Crippen MR) is 61.1 cm³/mol. The van der Waals surface area contributed by atoms with Gasteiger partial charge in [0.25, 0.3) is 0 Å². The van der Waals surface area contributed by atoms with Crippen molar-refractivity contribution in [2.75, 3.05) is 20.8 Å². The molecule has 0 heterocycles. The summed E-state index contributed by atoms with van der Waals surface area (Å²) in [7, 11) is 2.24. The van der Waals surface area contributed by atoms with Gasteiger partial charge in [0, 0.05) is 6.07 Å². The fraction of sp³-hybridized carbons (Fsp3) is 0.417. The molecule has 1 aromatic rings. The predicted octanol–water partition coefficient (Wildman–Crippen LogP) is 1.58. The van der Waals surface area contributed by atoms with Crippen LogP contribution in [0.1, 0.15) is 18.6 Å². The summed E-state index contributed by atoms with van der Waals surface area (Å²) in [5.41, 5.74) is -0.444. The number of hydrogen-bond donors (Lipinski definition) is 1. The molecule has 0 saturated carbocycles. The van der Waals surface area contributed by atoms with Gasteiger partial charge in [0.1, 0.15) is 0 Å². The molecule has 1 atom stereocenters. The first-order chi connectivity index (χ1) is 8.97. The Kier molecular flexibility index (Phi) is 5.05. The van der Waals surface area contributed by atoms with Gasteiger partial charge in [-0.05, 0) is 6.92 Å². The molecule has 7 heteroatoms. The highest BCUT2D eigenvalue weighted by molar-refractivity contribution is 5.78. The first-order valence-corrected chi connectivity index (χ1v) is 5.42. The van der Waals surface area contributed by atoms with Crippen molar-refractivity contribution < 1.29 is 32.9 Å². The quantitative estimate of drug-likeness (QED) is 0.827. The zero-order chi connectivity index (χ0) is 14.6. The maximum Gasteiger partial charge on any atom is 0.339 e. The number of hydrogen-bond acceptors (Lipinski definition) is 5. The third-order valence-corrected chi connectivity index (χ3v) is 2.37. The number of carbonyl (C=O) groups is 1. The number of carbonyl (C=O) groups excluding carboxylic acids is 1. The molecule has 0 aliphatic rings. The number of benzene rings is 1. The van der Waals surface area contributed by atoms with Gasteiger partial charge in [-0.25, -0.2) is 13.6 Å². The van der Waals surface area contributed by atoms with Crippen molar-refractivity contribution >= 4 is 5.97 Å². The van der Waals surface area contributed by atoms with Gasteiger partial charge in [0.05, 0.1) is 26.4 Å². The van der Waals surface area contributed by atoms with E-state index >= 15 is 0 Å². The molecule has 0 aromatic heterocycles. The van der Waals surface area contributed by atoms with Crippen LogP contribution in [0.2, 0.25) is 0 Å². The van der Waals surface area contributed by atoms with Crippen LogP contribution in [0.4, 0.5) is 8.78 Å². The Hall–Kier alpha value is -1.89. The van der Waals surface area contributed by atoms with Crippen molar-refractivity contribution in [2.24, 2.45) is 0 Å². The molecule has 1 N–H and O–H groups in total. The highest BCUT2D eigenvalue weighted by Gasteiger charge is 2.31. The van der Waals surface area contributed by atoms with Gasteiger partial charge >= 0.3 is 5.97 Å². The molecule has 0 amide bonds. The Morgan fingerprint density at radius 1 is 1.26 bits per heavy atom. The number of aliphatic hydroxyl groups excluding tert-OH is 1. The van der Waals surface area contributed by atoms with Crippen molar-refractivity contribution in [2.45, 2.75) is 13.0 Å². The summed E-state index contributed by atoms with van der Waals surface area (Å²) in [6.07, 6.45) is -1.91. The van der Waals surface area contributed by atoms with E-state index in [1.54, 1.807) is 0 Å². The second-order valence-electron chi connectivity index (χ2n) is 3.47. The second kappa shape index (κ2) is 6.33. The van der Waals surface area contributed by atoms with Gasteiger partial charge in [0.2, 0.25) is 0 Å². The number of esters is 1. The molecular formula is C12H14F2O5. The van der Waals surface area contributed by atoms with E-state index < -0.39 is 40.8 Å². The van der Waals surface area contributed by atoms with Crippen molar-refractivity contribution in [1.82, 2.24) is 0 Å². The average Bonchev–Trinajstić information content (AvgIpc) is 2.37. The van der Waals surface area contributed by atoms with Gasteiger partial charge in [-0.1, -0.05) is 0 Å². The number of methoxy groups -OCH3 is 2. The van der Waals surface area contributed by atoms with E-state index in [1.807, 2.05) is 0 Å². The number of rotatable bonds is 5. The lowest BCUT2D eigenvalue weighted by Crippen LogP contribution is -2.18. The van der Waals surface area contributed by atoms with Gasteiger partial charge in [0.15, 0.2) is 29.2 Å². The summed E-state index contributed by atoms with van der Waals surface area (Å²) >= 11 is 0. The molecule has 5 nitrogen and oxygen atoms in total. The number of ether oxygens (including phenoxy) is 3. The lowest BCUT2D eigenvalue weighted by molar-refractivity contribution is -0.153. The molecule has 0 spiro atoms. The van der Waals surface area contributed by atoms with E-state index in [4.69, 9.17) is 9.47 Å². The number of halogens is 2. The Morgan fingerprint density at radius 3 is 2.11 bits per heavy atom. The van der Waals surface area contributed by atoms with Crippen LogP contribution < -0.4 is 9.47 Å². The lowest BCUT2D eigenvalue weighted by atomic mass is 10.1. The molecule has 0 fully saturated rings. The topological polar surface area (TPSA) is 65.0 Å². The maximum atomic E-state index is 13.6. The zero-order valence-electron chi connectivity index (χ0n) is 10.7. The molecule has 106 valence electrons. The van der Waals surface area contributed by atoms with Crippen LogP contribution in [-0.2, 0) is 9.53 Å². The third-order valence-electron chi connectivity index (χ3n) is 2.37. The van der Waals surface area contributed by atoms with Crippen LogP contribution in [0.3, 0.4) is 0 Å². The monoisotopic (exact) mass is 276 g/mol. The molecule has 19 heavy (non-hydrogen) atoms. The SMILES string of the molecule is CCOC(=O)C(O)c1c(OC)c(F)cc(F)c1OC. The smallest absolute Gasteiger partial charge is 0.339 e. The molecule has 0 aliphatic carbocycles. The molecule has 1 rings (SSSR count). The average molecular weight is 276 g/mol. The summed E-state index contributed by atoms with van der Waals surface area (Å²) in [6.45, 7) is 1.55. The molecule has 0 saturated heterocycles.